The summed E-state index contributed by atoms with van der Waals surface area (Å²) in [6.07, 6.45) is 2.08. The summed E-state index contributed by atoms with van der Waals surface area (Å²) in [6.45, 7) is 0. The molecule has 0 saturated carbocycles. The maximum atomic E-state index is 5.28. The summed E-state index contributed by atoms with van der Waals surface area (Å²) < 4.78 is 10.6. The summed E-state index contributed by atoms with van der Waals surface area (Å²) in [6, 6.07) is 24.7. The van der Waals surface area contributed by atoms with Crippen molar-refractivity contribution in [1.29, 1.82) is 0 Å². The fraction of sp³-hybridized carbons (Fsp3) is 0.143. The van der Waals surface area contributed by atoms with E-state index in [1.54, 1.807) is 26.0 Å². The molecule has 0 heterocycles. The van der Waals surface area contributed by atoms with Crippen LogP contribution in [0.15, 0.2) is 77.7 Å². The van der Waals surface area contributed by atoms with Crippen LogP contribution in [-0.2, 0) is 0 Å². The number of ether oxygens (including phenoxy) is 2. The third-order valence-electron chi connectivity index (χ3n) is 3.99. The molecular weight excluding hydrogens is 330 g/mol. The molecule has 0 aliphatic rings. The second-order valence-corrected chi connectivity index (χ2v) is 6.31. The zero-order chi connectivity index (χ0) is 17.6. The van der Waals surface area contributed by atoms with E-state index in [-0.39, 0.29) is 0 Å². The van der Waals surface area contributed by atoms with Crippen LogP contribution in [0, 0.1) is 0 Å². The molecule has 3 aromatic rings. The summed E-state index contributed by atoms with van der Waals surface area (Å²) in [5.74, 6) is 1.69. The first-order valence-corrected chi connectivity index (χ1v) is 9.20. The Balaban J connectivity index is 2.04. The van der Waals surface area contributed by atoms with E-state index < -0.39 is 0 Å². The Labute approximate surface area is 153 Å². The largest absolute Gasteiger partial charge is 0.497 e. The Morgan fingerprint density at radius 3 is 1.28 bits per heavy atom. The Bertz CT molecular complexity index is 686. The molecule has 0 atom stereocenters. The fourth-order valence-corrected chi connectivity index (χ4v) is 3.05. The Morgan fingerprint density at radius 2 is 0.960 bits per heavy atom. The SMILES string of the molecule is COc1ccc(N(c2ccc(OC)cc2)c2ccc(SC)cc2)cc1. The number of rotatable bonds is 6. The van der Waals surface area contributed by atoms with E-state index in [9.17, 15) is 0 Å². The quantitative estimate of drug-likeness (QED) is 0.516. The number of methoxy groups -OCH3 is 2. The van der Waals surface area contributed by atoms with Gasteiger partial charge in [0.15, 0.2) is 0 Å². The third-order valence-corrected chi connectivity index (χ3v) is 4.74. The molecule has 0 aliphatic heterocycles. The van der Waals surface area contributed by atoms with Gasteiger partial charge in [-0.05, 0) is 79.1 Å². The lowest BCUT2D eigenvalue weighted by molar-refractivity contribution is 0.415. The van der Waals surface area contributed by atoms with Gasteiger partial charge in [0, 0.05) is 22.0 Å². The van der Waals surface area contributed by atoms with Crippen LogP contribution in [0.2, 0.25) is 0 Å². The van der Waals surface area contributed by atoms with Gasteiger partial charge in [-0.3, -0.25) is 0 Å². The van der Waals surface area contributed by atoms with Crippen molar-refractivity contribution < 1.29 is 9.47 Å². The van der Waals surface area contributed by atoms with Crippen LogP contribution in [0.5, 0.6) is 11.5 Å². The molecule has 0 radical (unpaired) electrons. The minimum Gasteiger partial charge on any atom is -0.497 e. The van der Waals surface area contributed by atoms with Crippen molar-refractivity contribution in [2.45, 2.75) is 4.90 Å². The monoisotopic (exact) mass is 351 g/mol. The van der Waals surface area contributed by atoms with E-state index in [0.29, 0.717) is 0 Å². The molecule has 0 N–H and O–H groups in total. The first-order valence-electron chi connectivity index (χ1n) is 7.97. The van der Waals surface area contributed by atoms with E-state index in [1.807, 2.05) is 24.3 Å². The molecule has 3 nitrogen and oxygen atoms in total. The average Bonchev–Trinajstić information content (AvgIpc) is 2.70. The molecule has 0 spiro atoms. The van der Waals surface area contributed by atoms with Crippen molar-refractivity contribution in [3.05, 3.63) is 72.8 Å². The van der Waals surface area contributed by atoms with E-state index >= 15 is 0 Å². The molecule has 4 heteroatoms. The highest BCUT2D eigenvalue weighted by Crippen LogP contribution is 2.36. The second kappa shape index (κ2) is 7.99. The van der Waals surface area contributed by atoms with Crippen LogP contribution < -0.4 is 14.4 Å². The van der Waals surface area contributed by atoms with Gasteiger partial charge in [0.1, 0.15) is 11.5 Å². The molecular formula is C21H21NO2S. The second-order valence-electron chi connectivity index (χ2n) is 5.43. The summed E-state index contributed by atoms with van der Waals surface area (Å²) in [4.78, 5) is 3.45. The summed E-state index contributed by atoms with van der Waals surface area (Å²) >= 11 is 1.74. The van der Waals surface area contributed by atoms with Gasteiger partial charge in [-0.1, -0.05) is 0 Å². The van der Waals surface area contributed by atoms with E-state index in [0.717, 1.165) is 28.6 Å². The third kappa shape index (κ3) is 3.91. The van der Waals surface area contributed by atoms with Crippen molar-refractivity contribution in [3.63, 3.8) is 0 Å². The number of nitrogens with zero attached hydrogens (tertiary/aromatic N) is 1. The van der Waals surface area contributed by atoms with Crippen LogP contribution >= 0.6 is 11.8 Å². The lowest BCUT2D eigenvalue weighted by atomic mass is 10.2. The summed E-state index contributed by atoms with van der Waals surface area (Å²) in [7, 11) is 3.36. The normalized spacial score (nSPS) is 10.4. The maximum Gasteiger partial charge on any atom is 0.119 e. The van der Waals surface area contributed by atoms with Crippen molar-refractivity contribution in [2.75, 3.05) is 25.4 Å². The molecule has 0 aromatic heterocycles. The minimum atomic E-state index is 0.844. The molecule has 0 bridgehead atoms. The highest BCUT2D eigenvalue weighted by molar-refractivity contribution is 7.98. The number of thioether (sulfide) groups is 1. The molecule has 0 amide bonds. The smallest absolute Gasteiger partial charge is 0.119 e. The van der Waals surface area contributed by atoms with Gasteiger partial charge in [0.2, 0.25) is 0 Å². The highest BCUT2D eigenvalue weighted by Gasteiger charge is 2.12. The molecule has 25 heavy (non-hydrogen) atoms. The first kappa shape index (κ1) is 17.2. The van der Waals surface area contributed by atoms with Gasteiger partial charge in [-0.15, -0.1) is 11.8 Å². The first-order chi connectivity index (χ1) is 12.2. The predicted octanol–water partition coefficient (Wildman–Crippen LogP) is 5.90. The summed E-state index contributed by atoms with van der Waals surface area (Å²) in [5.41, 5.74) is 3.25. The Hall–Kier alpha value is -2.59. The van der Waals surface area contributed by atoms with E-state index in [4.69, 9.17) is 9.47 Å². The number of hydrogen-bond donors (Lipinski definition) is 0. The lowest BCUT2D eigenvalue weighted by Crippen LogP contribution is -2.09. The maximum absolute atomic E-state index is 5.28. The van der Waals surface area contributed by atoms with Crippen molar-refractivity contribution in [3.8, 4) is 11.5 Å². The van der Waals surface area contributed by atoms with Gasteiger partial charge in [-0.25, -0.2) is 0 Å². The lowest BCUT2D eigenvalue weighted by Gasteiger charge is -2.26. The van der Waals surface area contributed by atoms with Crippen molar-refractivity contribution in [1.82, 2.24) is 0 Å². The average molecular weight is 351 g/mol. The molecule has 0 unspecified atom stereocenters. The fourth-order valence-electron chi connectivity index (χ4n) is 2.64. The standard InChI is InChI=1S/C21H21NO2S/c1-23-19-10-4-16(5-11-19)22(17-6-12-20(24-2)13-7-17)18-8-14-21(25-3)15-9-18/h4-15H,1-3H3. The van der Waals surface area contributed by atoms with Crippen LogP contribution in [-0.4, -0.2) is 20.5 Å². The van der Waals surface area contributed by atoms with Crippen LogP contribution in [0.1, 0.15) is 0 Å². The van der Waals surface area contributed by atoms with Gasteiger partial charge < -0.3 is 14.4 Å². The van der Waals surface area contributed by atoms with Gasteiger partial charge >= 0.3 is 0 Å². The van der Waals surface area contributed by atoms with Crippen molar-refractivity contribution >= 4 is 28.8 Å². The molecule has 128 valence electrons. The topological polar surface area (TPSA) is 21.7 Å². The molecule has 3 rings (SSSR count). The molecule has 0 fully saturated rings. The van der Waals surface area contributed by atoms with Crippen LogP contribution in [0.4, 0.5) is 17.1 Å². The van der Waals surface area contributed by atoms with Gasteiger partial charge in [-0.2, -0.15) is 0 Å². The Morgan fingerprint density at radius 1 is 0.600 bits per heavy atom. The Kier molecular flexibility index (Phi) is 5.51. The van der Waals surface area contributed by atoms with Crippen LogP contribution in [0.3, 0.4) is 0 Å². The zero-order valence-electron chi connectivity index (χ0n) is 14.6. The van der Waals surface area contributed by atoms with Crippen molar-refractivity contribution in [2.24, 2.45) is 0 Å². The van der Waals surface area contributed by atoms with Gasteiger partial charge in [0.05, 0.1) is 14.2 Å². The number of anilines is 3. The van der Waals surface area contributed by atoms with E-state index in [2.05, 4.69) is 59.7 Å². The highest BCUT2D eigenvalue weighted by atomic mass is 32.2. The molecule has 3 aromatic carbocycles. The number of hydrogen-bond acceptors (Lipinski definition) is 4. The summed E-state index contributed by atoms with van der Waals surface area (Å²) in [5, 5.41) is 0. The number of benzene rings is 3. The van der Waals surface area contributed by atoms with Crippen LogP contribution in [0.25, 0.3) is 0 Å². The van der Waals surface area contributed by atoms with E-state index in [1.165, 1.54) is 4.90 Å². The molecule has 0 aliphatic carbocycles. The minimum absolute atomic E-state index is 0.844. The van der Waals surface area contributed by atoms with Gasteiger partial charge in [0.25, 0.3) is 0 Å². The molecule has 0 saturated heterocycles. The zero-order valence-corrected chi connectivity index (χ0v) is 15.4. The predicted molar refractivity (Wildman–Crippen MR) is 106 cm³/mol.